The molecule has 6 heteroatoms. The number of halogens is 1. The molecular weight excluding hydrogens is 315 g/mol. The molecule has 2 amide bonds. The Balaban J connectivity index is 2.07. The van der Waals surface area contributed by atoms with E-state index in [-0.39, 0.29) is 36.5 Å². The number of benzene rings is 1. The number of rotatable bonds is 6. The molecule has 0 fully saturated rings. The van der Waals surface area contributed by atoms with E-state index in [0.717, 1.165) is 17.7 Å². The molecule has 0 aliphatic heterocycles. The first-order valence-corrected chi connectivity index (χ1v) is 9.40. The minimum atomic E-state index is -0.258. The third-order valence-electron chi connectivity index (χ3n) is 4.38. The Hall–Kier alpha value is -1.27. The van der Waals surface area contributed by atoms with Crippen molar-refractivity contribution in [3.63, 3.8) is 0 Å². The number of thioether (sulfide) groups is 1. The molecule has 1 aliphatic carbocycles. The molecule has 0 spiro atoms. The van der Waals surface area contributed by atoms with Crippen LogP contribution in [-0.2, 0) is 6.42 Å². The summed E-state index contributed by atoms with van der Waals surface area (Å²) < 4.78 is 14.0. The Morgan fingerprint density at radius 1 is 1.52 bits per heavy atom. The third kappa shape index (κ3) is 4.61. The zero-order valence-electron chi connectivity index (χ0n) is 13.6. The van der Waals surface area contributed by atoms with Crippen LogP contribution in [0.5, 0.6) is 0 Å². The average Bonchev–Trinajstić information content (AvgIpc) is 2.51. The second kappa shape index (κ2) is 8.55. The van der Waals surface area contributed by atoms with Crippen molar-refractivity contribution in [3.8, 4) is 0 Å². The normalized spacial score (nSPS) is 21.4. The molecule has 0 aromatic heterocycles. The molecule has 4 nitrogen and oxygen atoms in total. The van der Waals surface area contributed by atoms with E-state index in [1.54, 1.807) is 17.8 Å². The lowest BCUT2D eigenvalue weighted by molar-refractivity contribution is 0.221. The first-order valence-electron chi connectivity index (χ1n) is 8.01. The van der Waals surface area contributed by atoms with E-state index >= 15 is 0 Å². The zero-order chi connectivity index (χ0) is 16.8. The predicted octanol–water partition coefficient (Wildman–Crippen LogP) is 2.86. The second-order valence-electron chi connectivity index (χ2n) is 6.08. The number of aliphatic hydroxyl groups is 1. The maximum atomic E-state index is 14.0. The van der Waals surface area contributed by atoms with Gasteiger partial charge in [0.2, 0.25) is 0 Å². The van der Waals surface area contributed by atoms with Crippen LogP contribution in [0.15, 0.2) is 18.2 Å². The summed E-state index contributed by atoms with van der Waals surface area (Å²) in [6.45, 7) is 2.12. The topological polar surface area (TPSA) is 61.4 Å². The van der Waals surface area contributed by atoms with Gasteiger partial charge >= 0.3 is 6.03 Å². The highest BCUT2D eigenvalue weighted by Crippen LogP contribution is 2.35. The number of urea groups is 1. The molecule has 3 atom stereocenters. The highest BCUT2D eigenvalue weighted by Gasteiger charge is 2.29. The van der Waals surface area contributed by atoms with Crippen LogP contribution in [0.1, 0.15) is 36.9 Å². The van der Waals surface area contributed by atoms with Crippen molar-refractivity contribution >= 4 is 17.8 Å². The van der Waals surface area contributed by atoms with Gasteiger partial charge in [-0.3, -0.25) is 0 Å². The molecule has 128 valence electrons. The van der Waals surface area contributed by atoms with Gasteiger partial charge in [0.15, 0.2) is 0 Å². The Morgan fingerprint density at radius 2 is 2.30 bits per heavy atom. The molecule has 3 N–H and O–H groups in total. The van der Waals surface area contributed by atoms with E-state index in [9.17, 15) is 9.18 Å². The van der Waals surface area contributed by atoms with Crippen LogP contribution in [0.3, 0.4) is 0 Å². The zero-order valence-corrected chi connectivity index (χ0v) is 14.5. The van der Waals surface area contributed by atoms with Crippen LogP contribution >= 0.6 is 11.8 Å². The van der Waals surface area contributed by atoms with Crippen molar-refractivity contribution in [1.29, 1.82) is 0 Å². The average molecular weight is 340 g/mol. The summed E-state index contributed by atoms with van der Waals surface area (Å²) >= 11 is 1.63. The van der Waals surface area contributed by atoms with Gasteiger partial charge in [-0.15, -0.1) is 0 Å². The maximum Gasteiger partial charge on any atom is 0.315 e. The number of hydrogen-bond acceptors (Lipinski definition) is 3. The number of carbonyl (C=O) groups excluding carboxylic acids is 1. The van der Waals surface area contributed by atoms with Crippen LogP contribution in [0.25, 0.3) is 0 Å². The van der Waals surface area contributed by atoms with Crippen LogP contribution in [-0.4, -0.2) is 35.8 Å². The fraction of sp³-hybridized carbons (Fsp3) is 0.588. The standard InChI is InChI=1S/C17H25FN2O2S/c1-11-6-7-13-14(4-3-5-15(13)18)16(11)20-17(22)19-12(8-9-21)10-23-2/h3-5,11-12,16,21H,6-10H2,1-2H3,(H2,19,20,22). The number of aliphatic hydroxyl groups excluding tert-OH is 1. The minimum absolute atomic E-state index is 0.0411. The van der Waals surface area contributed by atoms with Gasteiger partial charge in [0.1, 0.15) is 5.82 Å². The van der Waals surface area contributed by atoms with Crippen LogP contribution in [0.4, 0.5) is 9.18 Å². The molecule has 1 aromatic carbocycles. The van der Waals surface area contributed by atoms with Crippen molar-refractivity contribution in [3.05, 3.63) is 35.1 Å². The van der Waals surface area contributed by atoms with Gasteiger partial charge in [0.25, 0.3) is 0 Å². The van der Waals surface area contributed by atoms with Gasteiger partial charge in [-0.05, 0) is 48.6 Å². The summed E-state index contributed by atoms with van der Waals surface area (Å²) in [5.41, 5.74) is 1.59. The lowest BCUT2D eigenvalue weighted by Gasteiger charge is -2.32. The Labute approximate surface area is 141 Å². The second-order valence-corrected chi connectivity index (χ2v) is 6.99. The van der Waals surface area contributed by atoms with Crippen LogP contribution in [0.2, 0.25) is 0 Å². The van der Waals surface area contributed by atoms with Crippen molar-refractivity contribution in [2.24, 2.45) is 5.92 Å². The van der Waals surface area contributed by atoms with Gasteiger partial charge in [0, 0.05) is 18.4 Å². The van der Waals surface area contributed by atoms with E-state index in [1.165, 1.54) is 6.07 Å². The summed E-state index contributed by atoms with van der Waals surface area (Å²) in [5.74, 6) is 0.813. The fourth-order valence-electron chi connectivity index (χ4n) is 3.12. The third-order valence-corrected chi connectivity index (χ3v) is 5.11. The molecule has 0 heterocycles. The summed E-state index contributed by atoms with van der Waals surface area (Å²) in [6.07, 6.45) is 4.05. The van der Waals surface area contributed by atoms with Crippen molar-refractivity contribution in [2.45, 2.75) is 38.3 Å². The number of hydrogen-bond donors (Lipinski definition) is 3. The highest BCUT2D eigenvalue weighted by atomic mass is 32.2. The van der Waals surface area contributed by atoms with E-state index in [0.29, 0.717) is 18.4 Å². The molecule has 0 saturated heterocycles. The Kier molecular flexibility index (Phi) is 6.72. The lowest BCUT2D eigenvalue weighted by Crippen LogP contribution is -2.46. The maximum absolute atomic E-state index is 14.0. The molecule has 0 bridgehead atoms. The van der Waals surface area contributed by atoms with Gasteiger partial charge in [0.05, 0.1) is 6.04 Å². The van der Waals surface area contributed by atoms with Gasteiger partial charge in [-0.25, -0.2) is 9.18 Å². The highest BCUT2D eigenvalue weighted by molar-refractivity contribution is 7.98. The quantitative estimate of drug-likeness (QED) is 0.746. The molecule has 1 aliphatic rings. The lowest BCUT2D eigenvalue weighted by atomic mass is 9.80. The largest absolute Gasteiger partial charge is 0.396 e. The van der Waals surface area contributed by atoms with Crippen molar-refractivity contribution in [1.82, 2.24) is 10.6 Å². The minimum Gasteiger partial charge on any atom is -0.396 e. The van der Waals surface area contributed by atoms with Gasteiger partial charge < -0.3 is 15.7 Å². The number of amides is 2. The van der Waals surface area contributed by atoms with Crippen molar-refractivity contribution < 1.29 is 14.3 Å². The van der Waals surface area contributed by atoms with E-state index in [1.807, 2.05) is 12.3 Å². The Morgan fingerprint density at radius 3 is 3.00 bits per heavy atom. The summed E-state index contributed by atoms with van der Waals surface area (Å²) in [6, 6.07) is 4.56. The Bertz CT molecular complexity index is 535. The number of carbonyl (C=O) groups is 1. The molecule has 3 unspecified atom stereocenters. The monoisotopic (exact) mass is 340 g/mol. The van der Waals surface area contributed by atoms with Crippen molar-refractivity contribution in [2.75, 3.05) is 18.6 Å². The first-order chi connectivity index (χ1) is 11.1. The molecule has 2 rings (SSSR count). The SMILES string of the molecule is CSCC(CCO)NC(=O)NC1c2cccc(F)c2CCC1C. The molecular formula is C17H25FN2O2S. The molecule has 23 heavy (non-hydrogen) atoms. The number of fused-ring (bicyclic) bond motifs is 1. The molecule has 0 saturated carbocycles. The number of nitrogens with one attached hydrogen (secondary N) is 2. The van der Waals surface area contributed by atoms with E-state index in [2.05, 4.69) is 17.6 Å². The summed E-state index contributed by atoms with van der Waals surface area (Å²) in [5, 5.41) is 15.0. The first kappa shape index (κ1) is 18.1. The molecule has 0 radical (unpaired) electrons. The fourth-order valence-corrected chi connectivity index (χ4v) is 3.77. The van der Waals surface area contributed by atoms with Gasteiger partial charge in [-0.2, -0.15) is 11.8 Å². The van der Waals surface area contributed by atoms with E-state index < -0.39 is 0 Å². The van der Waals surface area contributed by atoms with Crippen LogP contribution in [0, 0.1) is 11.7 Å². The predicted molar refractivity (Wildman–Crippen MR) is 92.2 cm³/mol. The smallest absolute Gasteiger partial charge is 0.315 e. The van der Waals surface area contributed by atoms with Crippen LogP contribution < -0.4 is 10.6 Å². The molecule has 1 aromatic rings. The van der Waals surface area contributed by atoms with Gasteiger partial charge in [-0.1, -0.05) is 19.1 Å². The summed E-state index contributed by atoms with van der Waals surface area (Å²) in [4.78, 5) is 12.3. The van der Waals surface area contributed by atoms with E-state index in [4.69, 9.17) is 5.11 Å². The summed E-state index contributed by atoms with van der Waals surface area (Å²) in [7, 11) is 0.